The number of benzene rings is 1. The van der Waals surface area contributed by atoms with E-state index < -0.39 is 17.7 Å². The number of amides is 2. The minimum atomic E-state index is -0.832. The van der Waals surface area contributed by atoms with Crippen LogP contribution < -0.4 is 5.32 Å². The monoisotopic (exact) mass is 279 g/mol. The molecule has 0 aliphatic heterocycles. The van der Waals surface area contributed by atoms with Gasteiger partial charge in [-0.25, -0.2) is 13.6 Å². The Morgan fingerprint density at radius 2 is 2.10 bits per heavy atom. The van der Waals surface area contributed by atoms with Gasteiger partial charge in [-0.3, -0.25) is 0 Å². The summed E-state index contributed by atoms with van der Waals surface area (Å²) in [4.78, 5) is 13.5. The van der Waals surface area contributed by atoms with Crippen molar-refractivity contribution in [2.24, 2.45) is 0 Å². The van der Waals surface area contributed by atoms with Crippen molar-refractivity contribution in [2.45, 2.75) is 31.7 Å². The molecule has 4 nitrogen and oxygen atoms in total. The zero-order valence-corrected chi connectivity index (χ0v) is 10.9. The summed E-state index contributed by atoms with van der Waals surface area (Å²) >= 11 is 0. The number of hydrogen-bond donors (Lipinski definition) is 1. The maximum Gasteiger partial charge on any atom is 0.323 e. The van der Waals surface area contributed by atoms with Crippen LogP contribution in [0.5, 0.6) is 0 Å². The fourth-order valence-electron chi connectivity index (χ4n) is 2.44. The Bertz CT molecular complexity index is 536. The highest BCUT2D eigenvalue weighted by Crippen LogP contribution is 2.24. The number of hydrogen-bond acceptors (Lipinski definition) is 2. The van der Waals surface area contributed by atoms with Crippen LogP contribution >= 0.6 is 0 Å². The van der Waals surface area contributed by atoms with E-state index in [0.717, 1.165) is 31.7 Å². The van der Waals surface area contributed by atoms with Crippen molar-refractivity contribution in [1.29, 1.82) is 5.26 Å². The first-order valence-corrected chi connectivity index (χ1v) is 6.51. The van der Waals surface area contributed by atoms with Crippen LogP contribution in [0.3, 0.4) is 0 Å². The topological polar surface area (TPSA) is 56.1 Å². The van der Waals surface area contributed by atoms with Gasteiger partial charge in [0.1, 0.15) is 18.2 Å². The van der Waals surface area contributed by atoms with E-state index in [2.05, 4.69) is 5.32 Å². The molecule has 2 rings (SSSR count). The molecule has 1 aliphatic rings. The van der Waals surface area contributed by atoms with Gasteiger partial charge in [0, 0.05) is 12.1 Å². The van der Waals surface area contributed by atoms with Crippen LogP contribution in [0.25, 0.3) is 0 Å². The average Bonchev–Trinajstić information content (AvgIpc) is 2.92. The Morgan fingerprint density at radius 3 is 2.70 bits per heavy atom. The highest BCUT2D eigenvalue weighted by molar-refractivity contribution is 5.89. The van der Waals surface area contributed by atoms with E-state index in [1.54, 1.807) is 0 Å². The Morgan fingerprint density at radius 1 is 1.40 bits per heavy atom. The van der Waals surface area contributed by atoms with Crippen molar-refractivity contribution < 1.29 is 13.6 Å². The fourth-order valence-corrected chi connectivity index (χ4v) is 2.44. The third-order valence-corrected chi connectivity index (χ3v) is 3.44. The predicted octanol–water partition coefficient (Wildman–Crippen LogP) is 3.26. The molecular formula is C14H15F2N3O. The summed E-state index contributed by atoms with van der Waals surface area (Å²) in [6.45, 7) is -0.0423. The zero-order chi connectivity index (χ0) is 14.5. The summed E-state index contributed by atoms with van der Waals surface area (Å²) in [5.41, 5.74) is -0.0858. The molecule has 6 heteroatoms. The van der Waals surface area contributed by atoms with Crippen molar-refractivity contribution in [1.82, 2.24) is 4.90 Å². The van der Waals surface area contributed by atoms with E-state index in [1.807, 2.05) is 6.07 Å². The minimum absolute atomic E-state index is 0.0122. The number of nitriles is 1. The Kier molecular flexibility index (Phi) is 4.51. The highest BCUT2D eigenvalue weighted by Gasteiger charge is 2.26. The molecule has 1 aromatic carbocycles. The zero-order valence-electron chi connectivity index (χ0n) is 10.9. The largest absolute Gasteiger partial charge is 0.323 e. The fraction of sp³-hybridized carbons (Fsp3) is 0.429. The number of carbonyl (C=O) groups excluding carboxylic acids is 1. The lowest BCUT2D eigenvalue weighted by molar-refractivity contribution is 0.197. The summed E-state index contributed by atoms with van der Waals surface area (Å²) < 4.78 is 26.3. The second-order valence-electron chi connectivity index (χ2n) is 4.78. The number of carbonyl (C=O) groups is 1. The maximum absolute atomic E-state index is 13.5. The molecule has 0 radical (unpaired) electrons. The molecule has 0 atom stereocenters. The van der Waals surface area contributed by atoms with E-state index in [-0.39, 0.29) is 18.3 Å². The molecule has 2 amide bonds. The standard InChI is InChI=1S/C14H15F2N3O/c15-10-5-6-13(12(16)9-10)18-14(20)19(8-7-17)11-3-1-2-4-11/h5-6,9,11H,1-4,8H2,(H,18,20). The molecular weight excluding hydrogens is 264 g/mol. The van der Waals surface area contributed by atoms with Gasteiger partial charge in [0.15, 0.2) is 0 Å². The highest BCUT2D eigenvalue weighted by atomic mass is 19.1. The van der Waals surface area contributed by atoms with Crippen molar-refractivity contribution in [3.8, 4) is 6.07 Å². The summed E-state index contributed by atoms with van der Waals surface area (Å²) in [5, 5.41) is 11.2. The molecule has 0 spiro atoms. The van der Waals surface area contributed by atoms with E-state index in [4.69, 9.17) is 5.26 Å². The molecule has 0 saturated heterocycles. The molecule has 1 fully saturated rings. The van der Waals surface area contributed by atoms with Crippen LogP contribution in [0.15, 0.2) is 18.2 Å². The molecule has 20 heavy (non-hydrogen) atoms. The number of nitrogens with one attached hydrogen (secondary N) is 1. The molecule has 0 unspecified atom stereocenters. The van der Waals surface area contributed by atoms with E-state index in [9.17, 15) is 13.6 Å². The van der Waals surface area contributed by atoms with Crippen molar-refractivity contribution in [3.63, 3.8) is 0 Å². The van der Waals surface area contributed by atoms with Crippen molar-refractivity contribution in [2.75, 3.05) is 11.9 Å². The second kappa shape index (κ2) is 6.33. The number of halogens is 2. The molecule has 1 N–H and O–H groups in total. The Labute approximate surface area is 116 Å². The molecule has 106 valence electrons. The van der Waals surface area contributed by atoms with Gasteiger partial charge in [0.25, 0.3) is 0 Å². The first-order chi connectivity index (χ1) is 9.61. The van der Waals surface area contributed by atoms with Gasteiger partial charge in [-0.05, 0) is 25.0 Å². The molecule has 0 bridgehead atoms. The lowest BCUT2D eigenvalue weighted by Crippen LogP contribution is -2.42. The summed E-state index contributed by atoms with van der Waals surface area (Å²) in [5.74, 6) is -1.54. The van der Waals surface area contributed by atoms with Crippen molar-refractivity contribution >= 4 is 11.7 Å². The maximum atomic E-state index is 13.5. The normalized spacial score (nSPS) is 14.8. The van der Waals surface area contributed by atoms with Crippen LogP contribution in [-0.2, 0) is 0 Å². The number of nitrogens with zero attached hydrogens (tertiary/aromatic N) is 2. The van der Waals surface area contributed by atoms with Gasteiger partial charge in [-0.2, -0.15) is 5.26 Å². The van der Waals surface area contributed by atoms with E-state index in [0.29, 0.717) is 6.07 Å². The SMILES string of the molecule is N#CCN(C(=O)Nc1ccc(F)cc1F)C1CCCC1. The van der Waals surface area contributed by atoms with Crippen LogP contribution in [0, 0.1) is 23.0 Å². The van der Waals surface area contributed by atoms with Crippen molar-refractivity contribution in [3.05, 3.63) is 29.8 Å². The third kappa shape index (κ3) is 3.23. The minimum Gasteiger partial charge on any atom is -0.308 e. The second-order valence-corrected chi connectivity index (χ2v) is 4.78. The van der Waals surface area contributed by atoms with Crippen LogP contribution in [-0.4, -0.2) is 23.5 Å². The van der Waals surface area contributed by atoms with E-state index in [1.165, 1.54) is 11.0 Å². The third-order valence-electron chi connectivity index (χ3n) is 3.44. The van der Waals surface area contributed by atoms with Crippen LogP contribution in [0.2, 0.25) is 0 Å². The average molecular weight is 279 g/mol. The smallest absolute Gasteiger partial charge is 0.308 e. The van der Waals surface area contributed by atoms with Gasteiger partial charge in [-0.1, -0.05) is 12.8 Å². The molecule has 0 aromatic heterocycles. The van der Waals surface area contributed by atoms with Gasteiger partial charge < -0.3 is 10.2 Å². The summed E-state index contributed by atoms with van der Waals surface area (Å²) in [7, 11) is 0. The Hall–Kier alpha value is -2.16. The van der Waals surface area contributed by atoms with Gasteiger partial charge in [-0.15, -0.1) is 0 Å². The summed E-state index contributed by atoms with van der Waals surface area (Å²) in [6.07, 6.45) is 3.73. The molecule has 1 aromatic rings. The van der Waals surface area contributed by atoms with E-state index >= 15 is 0 Å². The number of anilines is 1. The first-order valence-electron chi connectivity index (χ1n) is 6.51. The lowest BCUT2D eigenvalue weighted by atomic mass is 10.2. The van der Waals surface area contributed by atoms with Gasteiger partial charge in [0.2, 0.25) is 0 Å². The summed E-state index contributed by atoms with van der Waals surface area (Å²) in [6, 6.07) is 4.38. The molecule has 1 saturated carbocycles. The Balaban J connectivity index is 2.09. The van der Waals surface area contributed by atoms with Gasteiger partial charge in [0.05, 0.1) is 11.8 Å². The molecule has 0 heterocycles. The molecule has 1 aliphatic carbocycles. The predicted molar refractivity (Wildman–Crippen MR) is 70.0 cm³/mol. The number of rotatable bonds is 3. The van der Waals surface area contributed by atoms with Gasteiger partial charge >= 0.3 is 6.03 Å². The lowest BCUT2D eigenvalue weighted by Gasteiger charge is -2.26. The van der Waals surface area contributed by atoms with Crippen LogP contribution in [0.4, 0.5) is 19.3 Å². The quantitative estimate of drug-likeness (QED) is 0.863. The van der Waals surface area contributed by atoms with Crippen LogP contribution in [0.1, 0.15) is 25.7 Å². The number of urea groups is 1. The first kappa shape index (κ1) is 14.3.